The van der Waals surface area contributed by atoms with Gasteiger partial charge >= 0.3 is 0 Å². The first-order chi connectivity index (χ1) is 12.6. The molecule has 1 saturated carbocycles. The van der Waals surface area contributed by atoms with Crippen molar-refractivity contribution in [3.05, 3.63) is 35.1 Å². The highest BCUT2D eigenvalue weighted by Crippen LogP contribution is 2.36. The van der Waals surface area contributed by atoms with Gasteiger partial charge in [0.15, 0.2) is 23.7 Å². The molecule has 7 heteroatoms. The van der Waals surface area contributed by atoms with Crippen molar-refractivity contribution in [2.24, 2.45) is 11.8 Å². The van der Waals surface area contributed by atoms with Gasteiger partial charge in [0.1, 0.15) is 6.10 Å². The van der Waals surface area contributed by atoms with Crippen LogP contribution in [0.3, 0.4) is 0 Å². The molecule has 4 nitrogen and oxygen atoms in total. The Hall–Kier alpha value is -1.15. The van der Waals surface area contributed by atoms with Crippen LogP contribution in [0.4, 0.5) is 13.2 Å². The molecule has 1 unspecified atom stereocenters. The monoisotopic (exact) mass is 372 g/mol. The average molecular weight is 372 g/mol. The number of benzene rings is 1. The SMILES string of the molecule is Fc1cc(C2OCC(C3CCC(OCC4CO4)CC3)CO2)cc(F)c1F. The normalized spacial score (nSPS) is 34.7. The molecular weight excluding hydrogens is 349 g/mol. The van der Waals surface area contributed by atoms with Crippen LogP contribution in [0.5, 0.6) is 0 Å². The largest absolute Gasteiger partial charge is 0.375 e. The third-order valence-electron chi connectivity index (χ3n) is 5.51. The summed E-state index contributed by atoms with van der Waals surface area (Å²) >= 11 is 0. The van der Waals surface area contributed by atoms with Gasteiger partial charge in [-0.05, 0) is 43.7 Å². The summed E-state index contributed by atoms with van der Waals surface area (Å²) in [6, 6.07) is 1.85. The van der Waals surface area contributed by atoms with E-state index in [1.54, 1.807) is 0 Å². The summed E-state index contributed by atoms with van der Waals surface area (Å²) in [6.07, 6.45) is 3.90. The molecule has 1 atom stereocenters. The van der Waals surface area contributed by atoms with Gasteiger partial charge in [0.05, 0.1) is 32.5 Å². The van der Waals surface area contributed by atoms with Crippen molar-refractivity contribution in [2.45, 2.75) is 44.2 Å². The van der Waals surface area contributed by atoms with Crippen LogP contribution in [0, 0.1) is 29.3 Å². The van der Waals surface area contributed by atoms with Crippen LogP contribution in [-0.4, -0.2) is 38.6 Å². The van der Waals surface area contributed by atoms with Crippen molar-refractivity contribution in [3.63, 3.8) is 0 Å². The van der Waals surface area contributed by atoms with E-state index in [0.29, 0.717) is 37.9 Å². The van der Waals surface area contributed by atoms with E-state index in [1.165, 1.54) is 0 Å². The van der Waals surface area contributed by atoms with E-state index in [4.69, 9.17) is 18.9 Å². The molecule has 0 N–H and O–H groups in total. The van der Waals surface area contributed by atoms with E-state index in [0.717, 1.165) is 44.4 Å². The third-order valence-corrected chi connectivity index (χ3v) is 5.51. The fraction of sp³-hybridized carbons (Fsp3) is 0.684. The van der Waals surface area contributed by atoms with Crippen molar-refractivity contribution in [3.8, 4) is 0 Å². The van der Waals surface area contributed by atoms with E-state index in [9.17, 15) is 13.2 Å². The zero-order valence-corrected chi connectivity index (χ0v) is 14.5. The molecule has 0 spiro atoms. The Balaban J connectivity index is 1.25. The maximum atomic E-state index is 13.4. The lowest BCUT2D eigenvalue weighted by molar-refractivity contribution is -0.215. The lowest BCUT2D eigenvalue weighted by atomic mass is 9.79. The minimum absolute atomic E-state index is 0.166. The Morgan fingerprint density at radius 3 is 2.04 bits per heavy atom. The Kier molecular flexibility index (Phi) is 5.50. The van der Waals surface area contributed by atoms with Crippen LogP contribution in [0.25, 0.3) is 0 Å². The smallest absolute Gasteiger partial charge is 0.194 e. The number of rotatable bonds is 5. The molecule has 144 valence electrons. The van der Waals surface area contributed by atoms with Gasteiger partial charge in [-0.3, -0.25) is 0 Å². The van der Waals surface area contributed by atoms with E-state index < -0.39 is 23.7 Å². The quantitative estimate of drug-likeness (QED) is 0.583. The predicted molar refractivity (Wildman–Crippen MR) is 85.9 cm³/mol. The zero-order chi connectivity index (χ0) is 18.1. The van der Waals surface area contributed by atoms with Gasteiger partial charge in [-0.25, -0.2) is 13.2 Å². The van der Waals surface area contributed by atoms with Crippen molar-refractivity contribution >= 4 is 0 Å². The third kappa shape index (κ3) is 4.22. The summed E-state index contributed by atoms with van der Waals surface area (Å²) in [5, 5.41) is 0. The molecule has 3 fully saturated rings. The van der Waals surface area contributed by atoms with Crippen LogP contribution in [0.15, 0.2) is 12.1 Å². The number of epoxide rings is 1. The number of ether oxygens (including phenoxy) is 4. The van der Waals surface area contributed by atoms with Gasteiger partial charge in [0.25, 0.3) is 0 Å². The van der Waals surface area contributed by atoms with Gasteiger partial charge in [0, 0.05) is 11.5 Å². The molecule has 26 heavy (non-hydrogen) atoms. The first-order valence-electron chi connectivity index (χ1n) is 9.21. The second-order valence-electron chi connectivity index (χ2n) is 7.38. The Bertz CT molecular complexity index is 598. The molecule has 1 aromatic rings. The van der Waals surface area contributed by atoms with Crippen LogP contribution in [0.1, 0.15) is 37.5 Å². The maximum Gasteiger partial charge on any atom is 0.194 e. The van der Waals surface area contributed by atoms with Gasteiger partial charge in [0.2, 0.25) is 0 Å². The molecule has 2 heterocycles. The minimum Gasteiger partial charge on any atom is -0.375 e. The number of halogens is 3. The summed E-state index contributed by atoms with van der Waals surface area (Å²) in [6.45, 7) is 2.45. The molecule has 0 radical (unpaired) electrons. The van der Waals surface area contributed by atoms with E-state index >= 15 is 0 Å². The first-order valence-corrected chi connectivity index (χ1v) is 9.21. The van der Waals surface area contributed by atoms with Crippen LogP contribution >= 0.6 is 0 Å². The summed E-state index contributed by atoms with van der Waals surface area (Å²) in [7, 11) is 0. The average Bonchev–Trinajstić information content (AvgIpc) is 3.49. The minimum atomic E-state index is -1.48. The molecule has 2 saturated heterocycles. The molecule has 2 aliphatic heterocycles. The van der Waals surface area contributed by atoms with Crippen LogP contribution in [-0.2, 0) is 18.9 Å². The molecular formula is C19H23F3O4. The zero-order valence-electron chi connectivity index (χ0n) is 14.5. The van der Waals surface area contributed by atoms with Crippen molar-refractivity contribution in [2.75, 3.05) is 26.4 Å². The standard InChI is InChI=1S/C19H23F3O4/c20-16-5-12(6-17(21)18(16)22)19-25-7-13(8-26-19)11-1-3-14(4-2-11)23-9-15-10-24-15/h5-6,11,13-15,19H,1-4,7-10H2. The fourth-order valence-electron chi connectivity index (χ4n) is 3.83. The summed E-state index contributed by atoms with van der Waals surface area (Å²) in [5.74, 6) is -3.19. The van der Waals surface area contributed by atoms with Crippen LogP contribution < -0.4 is 0 Å². The predicted octanol–water partition coefficient (Wildman–Crippen LogP) is 3.74. The van der Waals surface area contributed by atoms with Gasteiger partial charge < -0.3 is 18.9 Å². The lowest BCUT2D eigenvalue weighted by Crippen LogP contribution is -2.35. The second-order valence-corrected chi connectivity index (χ2v) is 7.38. The summed E-state index contributed by atoms with van der Waals surface area (Å²) in [4.78, 5) is 0. The van der Waals surface area contributed by atoms with Crippen LogP contribution in [0.2, 0.25) is 0 Å². The van der Waals surface area contributed by atoms with Crippen molar-refractivity contribution in [1.29, 1.82) is 0 Å². The molecule has 0 bridgehead atoms. The molecule has 4 rings (SSSR count). The number of hydrogen-bond donors (Lipinski definition) is 0. The molecule has 0 amide bonds. The van der Waals surface area contributed by atoms with Gasteiger partial charge in [-0.15, -0.1) is 0 Å². The molecule has 0 aromatic heterocycles. The lowest BCUT2D eigenvalue weighted by Gasteiger charge is -2.37. The van der Waals surface area contributed by atoms with Gasteiger partial charge in [-0.2, -0.15) is 0 Å². The maximum absolute atomic E-state index is 13.4. The summed E-state index contributed by atoms with van der Waals surface area (Å²) in [5.41, 5.74) is 0.166. The van der Waals surface area contributed by atoms with Crippen molar-refractivity contribution < 1.29 is 32.1 Å². The highest BCUT2D eigenvalue weighted by Gasteiger charge is 2.34. The second kappa shape index (κ2) is 7.84. The Morgan fingerprint density at radius 2 is 1.46 bits per heavy atom. The van der Waals surface area contributed by atoms with E-state index in [2.05, 4.69) is 0 Å². The van der Waals surface area contributed by atoms with Gasteiger partial charge in [-0.1, -0.05) is 0 Å². The Labute approximate surface area is 150 Å². The highest BCUT2D eigenvalue weighted by molar-refractivity contribution is 5.20. The molecule has 1 aliphatic carbocycles. The molecule has 1 aromatic carbocycles. The fourth-order valence-corrected chi connectivity index (χ4v) is 3.83. The summed E-state index contributed by atoms with van der Waals surface area (Å²) < 4.78 is 62.2. The van der Waals surface area contributed by atoms with E-state index in [1.807, 2.05) is 0 Å². The Morgan fingerprint density at radius 1 is 0.846 bits per heavy atom. The molecule has 3 aliphatic rings. The van der Waals surface area contributed by atoms with Crippen molar-refractivity contribution in [1.82, 2.24) is 0 Å². The van der Waals surface area contributed by atoms with E-state index in [-0.39, 0.29) is 11.5 Å². The number of hydrogen-bond acceptors (Lipinski definition) is 4. The highest BCUT2D eigenvalue weighted by atomic mass is 19.2. The topological polar surface area (TPSA) is 40.2 Å². The first kappa shape index (κ1) is 18.2.